The number of carbonyl (C=O) groups excluding carboxylic acids is 1. The second-order valence-electron chi connectivity index (χ2n) is 4.20. The van der Waals surface area contributed by atoms with Crippen molar-refractivity contribution in [3.63, 3.8) is 0 Å². The molecule has 1 nitrogen and oxygen atoms in total. The van der Waals surface area contributed by atoms with Crippen molar-refractivity contribution in [2.75, 3.05) is 6.26 Å². The molecule has 3 rings (SSSR count). The zero-order valence-electron chi connectivity index (χ0n) is 8.86. The lowest BCUT2D eigenvalue weighted by Crippen LogP contribution is -2.18. The van der Waals surface area contributed by atoms with Gasteiger partial charge in [0.25, 0.3) is 0 Å². The predicted molar refractivity (Wildman–Crippen MR) is 64.6 cm³/mol. The van der Waals surface area contributed by atoms with Gasteiger partial charge in [-0.2, -0.15) is 0 Å². The molecule has 0 aromatic rings. The highest BCUT2D eigenvalue weighted by atomic mass is 32.2. The van der Waals surface area contributed by atoms with Gasteiger partial charge < -0.3 is 0 Å². The quantitative estimate of drug-likeness (QED) is 0.568. The first kappa shape index (κ1) is 9.22. The lowest BCUT2D eigenvalue weighted by atomic mass is 9.91. The van der Waals surface area contributed by atoms with Crippen molar-refractivity contribution in [1.29, 1.82) is 0 Å². The Bertz CT molecular complexity index is 465. The molecule has 0 saturated carbocycles. The number of hydrogen-bond acceptors (Lipinski definition) is 1. The second kappa shape index (κ2) is 2.99. The van der Waals surface area contributed by atoms with Crippen molar-refractivity contribution in [3.8, 4) is 0 Å². The second-order valence-corrected chi connectivity index (χ2v) is 6.46. The highest BCUT2D eigenvalue weighted by Crippen LogP contribution is 2.43. The van der Waals surface area contributed by atoms with E-state index in [0.717, 1.165) is 0 Å². The molecule has 1 aliphatic heterocycles. The Hall–Kier alpha value is -1.02. The predicted octanol–water partition coefficient (Wildman–Crippen LogP) is 2.14. The molecule has 0 aromatic carbocycles. The molecular formula is C13H13OS+. The first-order valence-corrected chi connectivity index (χ1v) is 6.89. The number of fused-ring (bicyclic) bond motifs is 2. The Morgan fingerprint density at radius 2 is 2.13 bits per heavy atom. The van der Waals surface area contributed by atoms with E-state index in [4.69, 9.17) is 0 Å². The summed E-state index contributed by atoms with van der Waals surface area (Å²) in [6.07, 6.45) is 12.7. The maximum absolute atomic E-state index is 12.0. The van der Waals surface area contributed by atoms with Crippen molar-refractivity contribution in [1.82, 2.24) is 0 Å². The van der Waals surface area contributed by atoms with E-state index in [1.54, 1.807) is 0 Å². The van der Waals surface area contributed by atoms with Crippen LogP contribution in [0.15, 0.2) is 46.4 Å². The summed E-state index contributed by atoms with van der Waals surface area (Å²) >= 11 is 0. The fourth-order valence-electron chi connectivity index (χ4n) is 2.47. The molecule has 1 heterocycles. The molecule has 3 unspecified atom stereocenters. The molecule has 76 valence electrons. The van der Waals surface area contributed by atoms with Gasteiger partial charge in [0.05, 0.1) is 0 Å². The van der Waals surface area contributed by atoms with Crippen molar-refractivity contribution < 1.29 is 4.79 Å². The third kappa shape index (κ3) is 1.08. The Morgan fingerprint density at radius 1 is 1.33 bits per heavy atom. The highest BCUT2D eigenvalue weighted by Gasteiger charge is 2.51. The first-order valence-electron chi connectivity index (χ1n) is 5.19. The van der Waals surface area contributed by atoms with Crippen LogP contribution in [0.2, 0.25) is 0 Å². The average Bonchev–Trinajstić information content (AvgIpc) is 2.78. The molecule has 0 bridgehead atoms. The maximum atomic E-state index is 12.0. The van der Waals surface area contributed by atoms with Gasteiger partial charge in [-0.25, -0.2) is 0 Å². The summed E-state index contributed by atoms with van der Waals surface area (Å²) in [5.41, 5.74) is 2.59. The van der Waals surface area contributed by atoms with Gasteiger partial charge in [-0.3, -0.25) is 4.79 Å². The van der Waals surface area contributed by atoms with Gasteiger partial charge in [0.2, 0.25) is 5.78 Å². The van der Waals surface area contributed by atoms with Gasteiger partial charge in [-0.15, -0.1) is 0 Å². The summed E-state index contributed by atoms with van der Waals surface area (Å²) < 4.78 is 0. The van der Waals surface area contributed by atoms with E-state index in [0.29, 0.717) is 5.78 Å². The largest absolute Gasteiger partial charge is 0.293 e. The van der Waals surface area contributed by atoms with Gasteiger partial charge in [-0.1, -0.05) is 24.3 Å². The van der Waals surface area contributed by atoms with E-state index in [-0.39, 0.29) is 22.1 Å². The molecule has 2 heteroatoms. The van der Waals surface area contributed by atoms with Crippen LogP contribution in [0, 0.1) is 5.92 Å². The third-order valence-electron chi connectivity index (χ3n) is 3.45. The van der Waals surface area contributed by atoms with Crippen LogP contribution in [0.25, 0.3) is 0 Å². The normalized spacial score (nSPS) is 37.1. The summed E-state index contributed by atoms with van der Waals surface area (Å²) in [4.78, 5) is 13.4. The van der Waals surface area contributed by atoms with Crippen molar-refractivity contribution >= 4 is 16.7 Å². The number of hydrogen-bond donors (Lipinski definition) is 0. The van der Waals surface area contributed by atoms with Gasteiger partial charge in [-0.05, 0) is 18.6 Å². The number of ketones is 1. The number of Topliss-reactive ketones (excluding diaryl/α,β-unsaturated/α-hetero) is 1. The molecule has 15 heavy (non-hydrogen) atoms. The van der Waals surface area contributed by atoms with E-state index in [2.05, 4.69) is 43.6 Å². The van der Waals surface area contributed by atoms with Crippen molar-refractivity contribution in [3.05, 3.63) is 46.4 Å². The molecule has 0 N–H and O–H groups in total. The molecule has 1 fully saturated rings. The lowest BCUT2D eigenvalue weighted by Gasteiger charge is -2.11. The molecule has 0 radical (unpaired) electrons. The van der Waals surface area contributed by atoms with Gasteiger partial charge in [0, 0.05) is 16.5 Å². The van der Waals surface area contributed by atoms with Crippen LogP contribution in [0.4, 0.5) is 0 Å². The Balaban J connectivity index is 2.20. The minimum absolute atomic E-state index is 0.0724. The van der Waals surface area contributed by atoms with E-state index >= 15 is 0 Å². The van der Waals surface area contributed by atoms with E-state index < -0.39 is 0 Å². The molecule has 1 saturated heterocycles. The monoisotopic (exact) mass is 217 g/mol. The summed E-state index contributed by atoms with van der Waals surface area (Å²) in [7, 11) is 0.112. The van der Waals surface area contributed by atoms with Crippen LogP contribution in [0.3, 0.4) is 0 Å². The molecule has 0 amide bonds. The molecular weight excluding hydrogens is 204 g/mol. The standard InChI is InChI=1S/C13H13OS/c1-8-12(14)11-7-6-9-4-3-5-10(9)13(11)15(8)2/h3-8,11H,1-2H3/q+1. The Morgan fingerprint density at radius 3 is 2.93 bits per heavy atom. The molecule has 0 aromatic heterocycles. The van der Waals surface area contributed by atoms with E-state index in [9.17, 15) is 4.79 Å². The van der Waals surface area contributed by atoms with Crippen molar-refractivity contribution in [2.45, 2.75) is 12.2 Å². The summed E-state index contributed by atoms with van der Waals surface area (Å²) in [5.74, 6) is 0.474. The van der Waals surface area contributed by atoms with Crippen LogP contribution >= 0.6 is 0 Å². The zero-order chi connectivity index (χ0) is 10.6. The Labute approximate surface area is 92.6 Å². The zero-order valence-corrected chi connectivity index (χ0v) is 9.67. The van der Waals surface area contributed by atoms with Crippen LogP contribution in [-0.4, -0.2) is 17.3 Å². The van der Waals surface area contributed by atoms with Crippen LogP contribution in [0.5, 0.6) is 0 Å². The summed E-state index contributed by atoms with van der Waals surface area (Å²) in [5, 5.41) is 0.204. The fraction of sp³-hybridized carbons (Fsp3) is 0.308. The van der Waals surface area contributed by atoms with Crippen LogP contribution in [-0.2, 0) is 15.7 Å². The average molecular weight is 217 g/mol. The van der Waals surface area contributed by atoms with E-state index in [1.807, 2.05) is 0 Å². The van der Waals surface area contributed by atoms with Crippen molar-refractivity contribution in [2.24, 2.45) is 5.92 Å². The number of allylic oxidation sites excluding steroid dienone is 8. The minimum Gasteiger partial charge on any atom is -0.293 e. The fourth-order valence-corrected chi connectivity index (χ4v) is 4.48. The lowest BCUT2D eigenvalue weighted by molar-refractivity contribution is -0.119. The van der Waals surface area contributed by atoms with Crippen LogP contribution < -0.4 is 0 Å². The van der Waals surface area contributed by atoms with Crippen LogP contribution in [0.1, 0.15) is 6.92 Å². The summed E-state index contributed by atoms with van der Waals surface area (Å²) in [6.45, 7) is 2.06. The number of carbonyl (C=O) groups is 1. The third-order valence-corrected chi connectivity index (χ3v) is 5.91. The molecule has 2 aliphatic carbocycles. The SMILES string of the molecule is CC1C(=O)C2C=CC3=CC=CC3=C2[S+]1C. The highest BCUT2D eigenvalue weighted by molar-refractivity contribution is 8.01. The molecule has 3 atom stereocenters. The topological polar surface area (TPSA) is 17.1 Å². The first-order chi connectivity index (χ1) is 7.20. The van der Waals surface area contributed by atoms with E-state index in [1.165, 1.54) is 16.1 Å². The van der Waals surface area contributed by atoms with Gasteiger partial charge in [0.15, 0.2) is 10.2 Å². The minimum atomic E-state index is 0.0724. The van der Waals surface area contributed by atoms with Gasteiger partial charge in [0.1, 0.15) is 12.2 Å². The summed E-state index contributed by atoms with van der Waals surface area (Å²) in [6, 6.07) is 0. The number of rotatable bonds is 0. The smallest absolute Gasteiger partial charge is 0.200 e. The Kier molecular flexibility index (Phi) is 1.84. The maximum Gasteiger partial charge on any atom is 0.200 e. The van der Waals surface area contributed by atoms with Gasteiger partial charge >= 0.3 is 0 Å². The molecule has 3 aliphatic rings. The molecule has 0 spiro atoms.